The van der Waals surface area contributed by atoms with E-state index in [1.807, 2.05) is 0 Å². The lowest BCUT2D eigenvalue weighted by Gasteiger charge is -2.09. The molecule has 0 saturated heterocycles. The summed E-state index contributed by atoms with van der Waals surface area (Å²) >= 11 is 3.12. The van der Waals surface area contributed by atoms with E-state index in [0.29, 0.717) is 10.0 Å². The van der Waals surface area contributed by atoms with E-state index in [0.717, 1.165) is 0 Å². The smallest absolute Gasteiger partial charge is 0.336 e. The lowest BCUT2D eigenvalue weighted by Crippen LogP contribution is -2.15. The summed E-state index contributed by atoms with van der Waals surface area (Å²) in [5.41, 5.74) is 6.30. The Bertz CT molecular complexity index is 354. The Morgan fingerprint density at radius 3 is 2.71 bits per heavy atom. The summed E-state index contributed by atoms with van der Waals surface area (Å²) in [6.07, 6.45) is 0. The van der Waals surface area contributed by atoms with Crippen molar-refractivity contribution in [3.05, 3.63) is 33.8 Å². The molecule has 0 aromatic heterocycles. The fourth-order valence-corrected chi connectivity index (χ4v) is 1.46. The highest BCUT2D eigenvalue weighted by Crippen LogP contribution is 2.21. The Hall–Kier alpha value is -0.910. The molecule has 76 valence electrons. The highest BCUT2D eigenvalue weighted by molar-refractivity contribution is 9.10. The molecule has 0 saturated carbocycles. The van der Waals surface area contributed by atoms with Crippen molar-refractivity contribution < 1.29 is 15.0 Å². The van der Waals surface area contributed by atoms with Crippen LogP contribution in [0, 0.1) is 0 Å². The minimum atomic E-state index is -1.02. The van der Waals surface area contributed by atoms with E-state index in [4.69, 9.17) is 15.9 Å². The SMILES string of the molecule is N[C@@H](CO)c1ccc(Br)c(C(=O)O)c1. The maximum Gasteiger partial charge on any atom is 0.336 e. The van der Waals surface area contributed by atoms with Gasteiger partial charge in [-0.25, -0.2) is 4.79 Å². The number of rotatable bonds is 3. The minimum absolute atomic E-state index is 0.145. The fourth-order valence-electron chi connectivity index (χ4n) is 1.04. The number of aliphatic hydroxyl groups excluding tert-OH is 1. The van der Waals surface area contributed by atoms with Gasteiger partial charge >= 0.3 is 5.97 Å². The second kappa shape index (κ2) is 4.54. The van der Waals surface area contributed by atoms with Crippen LogP contribution in [0.4, 0.5) is 0 Å². The van der Waals surface area contributed by atoms with Gasteiger partial charge in [0, 0.05) is 4.47 Å². The fraction of sp³-hybridized carbons (Fsp3) is 0.222. The summed E-state index contributed by atoms with van der Waals surface area (Å²) < 4.78 is 0.499. The molecule has 4 nitrogen and oxygen atoms in total. The molecular weight excluding hydrogens is 250 g/mol. The Morgan fingerprint density at radius 2 is 2.21 bits per heavy atom. The number of aromatic carboxylic acids is 1. The second-order valence-electron chi connectivity index (χ2n) is 2.83. The van der Waals surface area contributed by atoms with E-state index in [-0.39, 0.29) is 12.2 Å². The Labute approximate surface area is 89.5 Å². The molecule has 0 radical (unpaired) electrons. The standard InChI is InChI=1S/C9H10BrNO3/c10-7-2-1-5(8(11)4-12)3-6(7)9(13)14/h1-3,8,12H,4,11H2,(H,13,14)/t8-/m0/s1. The molecule has 0 amide bonds. The number of carbonyl (C=O) groups is 1. The average Bonchev–Trinajstić information content (AvgIpc) is 2.17. The molecule has 0 unspecified atom stereocenters. The van der Waals surface area contributed by atoms with Crippen LogP contribution in [-0.2, 0) is 0 Å². The first-order chi connectivity index (χ1) is 6.56. The van der Waals surface area contributed by atoms with E-state index in [2.05, 4.69) is 15.9 Å². The third-order valence-corrected chi connectivity index (χ3v) is 2.54. The predicted molar refractivity (Wildman–Crippen MR) is 55.1 cm³/mol. The third-order valence-electron chi connectivity index (χ3n) is 1.85. The van der Waals surface area contributed by atoms with E-state index >= 15 is 0 Å². The lowest BCUT2D eigenvalue weighted by molar-refractivity contribution is 0.0695. The largest absolute Gasteiger partial charge is 0.478 e. The van der Waals surface area contributed by atoms with Crippen LogP contribution < -0.4 is 5.73 Å². The van der Waals surface area contributed by atoms with Gasteiger partial charge in [-0.05, 0) is 33.6 Å². The molecule has 1 rings (SSSR count). The zero-order chi connectivity index (χ0) is 10.7. The van der Waals surface area contributed by atoms with Crippen molar-refractivity contribution in [1.29, 1.82) is 0 Å². The minimum Gasteiger partial charge on any atom is -0.478 e. The number of halogens is 1. The Balaban J connectivity index is 3.12. The van der Waals surface area contributed by atoms with Gasteiger partial charge in [-0.3, -0.25) is 0 Å². The van der Waals surface area contributed by atoms with Crippen molar-refractivity contribution in [2.45, 2.75) is 6.04 Å². The maximum absolute atomic E-state index is 10.8. The number of carboxylic acids is 1. The highest BCUT2D eigenvalue weighted by atomic mass is 79.9. The number of nitrogens with two attached hydrogens (primary N) is 1. The van der Waals surface area contributed by atoms with E-state index in [1.54, 1.807) is 12.1 Å². The molecule has 0 spiro atoms. The monoisotopic (exact) mass is 259 g/mol. The van der Waals surface area contributed by atoms with Crippen molar-refractivity contribution in [2.24, 2.45) is 5.73 Å². The van der Waals surface area contributed by atoms with Gasteiger partial charge in [0.15, 0.2) is 0 Å². The summed E-state index contributed by atoms with van der Waals surface area (Å²) in [5, 5.41) is 17.6. The van der Waals surface area contributed by atoms with Gasteiger partial charge in [0.05, 0.1) is 18.2 Å². The van der Waals surface area contributed by atoms with Crippen LogP contribution in [-0.4, -0.2) is 22.8 Å². The molecule has 1 aromatic rings. The third kappa shape index (κ3) is 2.31. The summed E-state index contributed by atoms with van der Waals surface area (Å²) in [6.45, 7) is -0.208. The summed E-state index contributed by atoms with van der Waals surface area (Å²) in [5.74, 6) is -1.02. The zero-order valence-electron chi connectivity index (χ0n) is 7.27. The van der Waals surface area contributed by atoms with E-state index in [9.17, 15) is 4.79 Å². The van der Waals surface area contributed by atoms with Crippen molar-refractivity contribution >= 4 is 21.9 Å². The first kappa shape index (κ1) is 11.2. The lowest BCUT2D eigenvalue weighted by atomic mass is 10.1. The van der Waals surface area contributed by atoms with Crippen LogP contribution in [0.3, 0.4) is 0 Å². The van der Waals surface area contributed by atoms with Gasteiger partial charge in [0.2, 0.25) is 0 Å². The molecule has 0 aliphatic carbocycles. The molecule has 0 aliphatic heterocycles. The average molecular weight is 260 g/mol. The van der Waals surface area contributed by atoms with Crippen LogP contribution in [0.1, 0.15) is 22.0 Å². The zero-order valence-corrected chi connectivity index (χ0v) is 8.86. The van der Waals surface area contributed by atoms with E-state index in [1.165, 1.54) is 6.07 Å². The first-order valence-corrected chi connectivity index (χ1v) is 4.74. The van der Waals surface area contributed by atoms with Crippen molar-refractivity contribution in [3.63, 3.8) is 0 Å². The van der Waals surface area contributed by atoms with Crippen molar-refractivity contribution in [2.75, 3.05) is 6.61 Å². The molecule has 0 bridgehead atoms. The Morgan fingerprint density at radius 1 is 1.57 bits per heavy atom. The van der Waals surface area contributed by atoms with Crippen LogP contribution in [0.15, 0.2) is 22.7 Å². The topological polar surface area (TPSA) is 83.5 Å². The van der Waals surface area contributed by atoms with Crippen LogP contribution in [0.5, 0.6) is 0 Å². The van der Waals surface area contributed by atoms with E-state index < -0.39 is 12.0 Å². The Kier molecular flexibility index (Phi) is 3.62. The van der Waals surface area contributed by atoms with Gasteiger partial charge in [-0.1, -0.05) is 6.07 Å². The summed E-state index contributed by atoms with van der Waals surface area (Å²) in [4.78, 5) is 10.8. The number of carboxylic acid groups (broad SMARTS) is 1. The van der Waals surface area contributed by atoms with Gasteiger partial charge in [-0.15, -0.1) is 0 Å². The number of aliphatic hydroxyl groups is 1. The molecular formula is C9H10BrNO3. The van der Waals surface area contributed by atoms with Crippen molar-refractivity contribution in [1.82, 2.24) is 0 Å². The molecule has 0 heterocycles. The summed E-state index contributed by atoms with van der Waals surface area (Å²) in [6, 6.07) is 4.19. The molecule has 0 aliphatic rings. The van der Waals surface area contributed by atoms with Crippen LogP contribution in [0.2, 0.25) is 0 Å². The first-order valence-electron chi connectivity index (χ1n) is 3.95. The molecule has 1 aromatic carbocycles. The molecule has 0 fully saturated rings. The number of benzene rings is 1. The number of hydrogen-bond donors (Lipinski definition) is 3. The highest BCUT2D eigenvalue weighted by Gasteiger charge is 2.11. The number of hydrogen-bond acceptors (Lipinski definition) is 3. The quantitative estimate of drug-likeness (QED) is 0.760. The van der Waals surface area contributed by atoms with Crippen molar-refractivity contribution in [3.8, 4) is 0 Å². The van der Waals surface area contributed by atoms with Gasteiger partial charge in [-0.2, -0.15) is 0 Å². The van der Waals surface area contributed by atoms with Crippen LogP contribution >= 0.6 is 15.9 Å². The molecule has 14 heavy (non-hydrogen) atoms. The molecule has 4 N–H and O–H groups in total. The van der Waals surface area contributed by atoms with Gasteiger partial charge in [0.25, 0.3) is 0 Å². The molecule has 5 heteroatoms. The van der Waals surface area contributed by atoms with Gasteiger partial charge in [0.1, 0.15) is 0 Å². The molecule has 1 atom stereocenters. The summed E-state index contributed by atoms with van der Waals surface area (Å²) in [7, 11) is 0. The normalized spacial score (nSPS) is 12.5. The maximum atomic E-state index is 10.8. The second-order valence-corrected chi connectivity index (χ2v) is 3.69. The van der Waals surface area contributed by atoms with Crippen LogP contribution in [0.25, 0.3) is 0 Å². The van der Waals surface area contributed by atoms with Gasteiger partial charge < -0.3 is 15.9 Å². The predicted octanol–water partition coefficient (Wildman–Crippen LogP) is 1.14.